The predicted octanol–water partition coefficient (Wildman–Crippen LogP) is 4.10. The van der Waals surface area contributed by atoms with Crippen LogP contribution in [0.4, 0.5) is 9.18 Å². The molecule has 2 aliphatic rings. The molecule has 4 rings (SSSR count). The maximum Gasteiger partial charge on any atom is 0.329 e. The lowest BCUT2D eigenvalue weighted by Crippen LogP contribution is -2.40. The molecule has 0 atom stereocenters. The summed E-state index contributed by atoms with van der Waals surface area (Å²) in [4.78, 5) is 30.0. The molecule has 1 saturated heterocycles. The highest BCUT2D eigenvalue weighted by Crippen LogP contribution is 2.28. The summed E-state index contributed by atoms with van der Waals surface area (Å²) in [5.74, 6) is -0.294. The summed E-state index contributed by atoms with van der Waals surface area (Å²) >= 11 is 0. The Morgan fingerprint density at radius 1 is 1.15 bits per heavy atom. The van der Waals surface area contributed by atoms with Crippen LogP contribution >= 0.6 is 0 Å². The Morgan fingerprint density at radius 2 is 1.93 bits per heavy atom. The molecule has 2 aromatic heterocycles. The lowest BCUT2D eigenvalue weighted by molar-refractivity contribution is -0.124. The Labute approximate surface area is 156 Å². The summed E-state index contributed by atoms with van der Waals surface area (Å²) in [5.41, 5.74) is 0.417. The fourth-order valence-electron chi connectivity index (χ4n) is 3.68. The minimum Gasteiger partial charge on any atom is -0.456 e. The number of furan rings is 1. The van der Waals surface area contributed by atoms with E-state index in [1.54, 1.807) is 24.3 Å². The zero-order valence-corrected chi connectivity index (χ0v) is 14.8. The van der Waals surface area contributed by atoms with E-state index in [0.717, 1.165) is 38.5 Å². The van der Waals surface area contributed by atoms with Crippen LogP contribution in [0.1, 0.15) is 44.3 Å². The maximum absolute atomic E-state index is 13.8. The van der Waals surface area contributed by atoms with Gasteiger partial charge in [-0.15, -0.1) is 0 Å². The first-order valence-electron chi connectivity index (χ1n) is 9.20. The lowest BCUT2D eigenvalue weighted by atomic mass is 10.1. The van der Waals surface area contributed by atoms with Crippen LogP contribution in [0.25, 0.3) is 17.4 Å². The molecule has 1 saturated carbocycles. The average molecular weight is 369 g/mol. The third-order valence-corrected chi connectivity index (χ3v) is 5.04. The molecule has 1 N–H and O–H groups in total. The van der Waals surface area contributed by atoms with Crippen molar-refractivity contribution >= 4 is 18.0 Å². The van der Waals surface area contributed by atoms with Crippen LogP contribution in [0.15, 0.2) is 40.6 Å². The predicted molar refractivity (Wildman–Crippen MR) is 96.7 cm³/mol. The van der Waals surface area contributed by atoms with Crippen molar-refractivity contribution in [2.75, 3.05) is 0 Å². The number of pyridine rings is 1. The SMILES string of the molecule is O=C1N/C(=C\c2ccc(-c3cccnc3F)o2)C(=O)N1C1CCCCCC1. The molecule has 0 unspecified atom stereocenters. The van der Waals surface area contributed by atoms with E-state index < -0.39 is 5.95 Å². The molecular weight excluding hydrogens is 349 g/mol. The van der Waals surface area contributed by atoms with Gasteiger partial charge in [0.05, 0.1) is 5.56 Å². The van der Waals surface area contributed by atoms with Gasteiger partial charge in [0.2, 0.25) is 5.95 Å². The van der Waals surface area contributed by atoms with Crippen molar-refractivity contribution in [3.8, 4) is 11.3 Å². The molecule has 0 bridgehead atoms. The number of aromatic nitrogens is 1. The average Bonchev–Trinajstić information content (AvgIpc) is 3.10. The summed E-state index contributed by atoms with van der Waals surface area (Å²) in [6, 6.07) is 5.98. The van der Waals surface area contributed by atoms with E-state index in [1.807, 2.05) is 0 Å². The minimum absolute atomic E-state index is 0.0532. The summed E-state index contributed by atoms with van der Waals surface area (Å²) in [6.45, 7) is 0. The molecule has 2 fully saturated rings. The molecule has 1 aliphatic carbocycles. The number of halogens is 1. The second-order valence-electron chi connectivity index (χ2n) is 6.85. The van der Waals surface area contributed by atoms with Crippen molar-refractivity contribution in [1.82, 2.24) is 15.2 Å². The third kappa shape index (κ3) is 3.49. The quantitative estimate of drug-likeness (QED) is 0.383. The minimum atomic E-state index is -0.629. The Bertz CT molecular complexity index is 897. The molecule has 3 heterocycles. The van der Waals surface area contributed by atoms with Gasteiger partial charge < -0.3 is 9.73 Å². The van der Waals surface area contributed by atoms with Crippen molar-refractivity contribution < 1.29 is 18.4 Å². The molecule has 140 valence electrons. The number of carbonyl (C=O) groups is 2. The number of carbonyl (C=O) groups excluding carboxylic acids is 2. The molecule has 7 heteroatoms. The normalized spacial score (nSPS) is 20.2. The standard InChI is InChI=1S/C20H20FN3O3/c21-18-15(8-5-11-22-18)17-10-9-14(27-17)12-16-19(25)24(20(26)23-16)13-6-3-1-2-4-7-13/h5,8-13H,1-4,6-7H2,(H,23,26)/b16-12-. The van der Waals surface area contributed by atoms with Crippen LogP contribution in [0.5, 0.6) is 0 Å². The second kappa shape index (κ2) is 7.34. The Balaban J connectivity index is 1.55. The number of nitrogens with one attached hydrogen (secondary N) is 1. The molecule has 0 radical (unpaired) electrons. The summed E-state index contributed by atoms with van der Waals surface area (Å²) in [7, 11) is 0. The van der Waals surface area contributed by atoms with Crippen molar-refractivity contribution in [3.63, 3.8) is 0 Å². The van der Waals surface area contributed by atoms with Gasteiger partial charge in [-0.05, 0) is 37.1 Å². The number of rotatable bonds is 3. The van der Waals surface area contributed by atoms with E-state index in [9.17, 15) is 14.0 Å². The Kier molecular flexibility index (Phi) is 4.75. The van der Waals surface area contributed by atoms with E-state index in [0.29, 0.717) is 11.5 Å². The number of amides is 3. The Morgan fingerprint density at radius 3 is 2.67 bits per heavy atom. The second-order valence-corrected chi connectivity index (χ2v) is 6.85. The van der Waals surface area contributed by atoms with E-state index >= 15 is 0 Å². The summed E-state index contributed by atoms with van der Waals surface area (Å²) in [5, 5.41) is 2.63. The fraction of sp³-hybridized carbons (Fsp3) is 0.350. The van der Waals surface area contributed by atoms with Gasteiger partial charge in [0.25, 0.3) is 5.91 Å². The largest absolute Gasteiger partial charge is 0.456 e. The van der Waals surface area contributed by atoms with Crippen LogP contribution in [0, 0.1) is 5.95 Å². The van der Waals surface area contributed by atoms with Crippen molar-refractivity contribution in [2.24, 2.45) is 0 Å². The first-order valence-corrected chi connectivity index (χ1v) is 9.20. The zero-order chi connectivity index (χ0) is 18.8. The number of hydrogen-bond acceptors (Lipinski definition) is 4. The van der Waals surface area contributed by atoms with Crippen LogP contribution in [-0.4, -0.2) is 27.9 Å². The molecule has 27 heavy (non-hydrogen) atoms. The topological polar surface area (TPSA) is 75.4 Å². The van der Waals surface area contributed by atoms with Gasteiger partial charge in [-0.2, -0.15) is 4.39 Å². The molecule has 6 nitrogen and oxygen atoms in total. The van der Waals surface area contributed by atoms with Crippen LogP contribution in [0.2, 0.25) is 0 Å². The van der Waals surface area contributed by atoms with E-state index in [-0.39, 0.29) is 29.2 Å². The maximum atomic E-state index is 13.8. The van der Waals surface area contributed by atoms with Crippen LogP contribution in [0.3, 0.4) is 0 Å². The molecule has 0 spiro atoms. The molecular formula is C20H20FN3O3. The van der Waals surface area contributed by atoms with Crippen molar-refractivity contribution in [1.29, 1.82) is 0 Å². The highest BCUT2D eigenvalue weighted by molar-refractivity contribution is 6.14. The lowest BCUT2D eigenvalue weighted by Gasteiger charge is -2.23. The van der Waals surface area contributed by atoms with Crippen LogP contribution in [-0.2, 0) is 4.79 Å². The van der Waals surface area contributed by atoms with Gasteiger partial charge in [0.15, 0.2) is 0 Å². The highest BCUT2D eigenvalue weighted by Gasteiger charge is 2.38. The molecule has 0 aromatic carbocycles. The molecule has 3 amide bonds. The Hall–Kier alpha value is -2.96. The van der Waals surface area contributed by atoms with E-state index in [4.69, 9.17) is 4.42 Å². The van der Waals surface area contributed by atoms with Crippen molar-refractivity contribution in [3.05, 3.63) is 47.9 Å². The third-order valence-electron chi connectivity index (χ3n) is 5.04. The first kappa shape index (κ1) is 17.5. The molecule has 1 aliphatic heterocycles. The highest BCUT2D eigenvalue weighted by atomic mass is 19.1. The van der Waals surface area contributed by atoms with Crippen LogP contribution < -0.4 is 5.32 Å². The summed E-state index contributed by atoms with van der Waals surface area (Å²) in [6.07, 6.45) is 8.87. The zero-order valence-electron chi connectivity index (χ0n) is 14.8. The number of nitrogens with zero attached hydrogens (tertiary/aromatic N) is 2. The van der Waals surface area contributed by atoms with E-state index in [1.165, 1.54) is 17.2 Å². The number of urea groups is 1. The molecule has 2 aromatic rings. The van der Waals surface area contributed by atoms with Gasteiger partial charge in [-0.25, -0.2) is 9.78 Å². The van der Waals surface area contributed by atoms with E-state index in [2.05, 4.69) is 10.3 Å². The van der Waals surface area contributed by atoms with Gasteiger partial charge in [-0.1, -0.05) is 25.7 Å². The first-order chi connectivity index (χ1) is 13.1. The van der Waals surface area contributed by atoms with Gasteiger partial charge in [0, 0.05) is 18.3 Å². The number of hydrogen-bond donors (Lipinski definition) is 1. The number of imide groups is 1. The van der Waals surface area contributed by atoms with Gasteiger partial charge >= 0.3 is 6.03 Å². The monoisotopic (exact) mass is 369 g/mol. The smallest absolute Gasteiger partial charge is 0.329 e. The van der Waals surface area contributed by atoms with Gasteiger partial charge in [0.1, 0.15) is 17.2 Å². The fourth-order valence-corrected chi connectivity index (χ4v) is 3.68. The summed E-state index contributed by atoms with van der Waals surface area (Å²) < 4.78 is 19.4. The van der Waals surface area contributed by atoms with Crippen molar-refractivity contribution in [2.45, 2.75) is 44.6 Å². The van der Waals surface area contributed by atoms with Gasteiger partial charge in [-0.3, -0.25) is 9.69 Å².